The van der Waals surface area contributed by atoms with Crippen molar-refractivity contribution in [3.8, 4) is 5.88 Å². The topological polar surface area (TPSA) is 37.4 Å². The van der Waals surface area contributed by atoms with E-state index in [1.54, 1.807) is 18.4 Å². The van der Waals surface area contributed by atoms with Crippen LogP contribution in [0.25, 0.3) is 0 Å². The van der Waals surface area contributed by atoms with Crippen molar-refractivity contribution in [2.45, 2.75) is 45.2 Å². The quantitative estimate of drug-likeness (QED) is 0.796. The van der Waals surface area contributed by atoms with Gasteiger partial charge in [0.05, 0.1) is 12.0 Å². The molecule has 1 aromatic rings. The normalized spacial score (nSPS) is 16.4. The summed E-state index contributed by atoms with van der Waals surface area (Å²) in [6.07, 6.45) is 5.36. The van der Waals surface area contributed by atoms with Crippen molar-refractivity contribution in [2.24, 2.45) is 5.92 Å². The van der Waals surface area contributed by atoms with Gasteiger partial charge in [0.1, 0.15) is 0 Å². The molecule has 1 aliphatic carbocycles. The van der Waals surface area contributed by atoms with Gasteiger partial charge in [0, 0.05) is 26.7 Å². The molecule has 0 spiro atoms. The molecule has 0 amide bonds. The monoisotopic (exact) mass is 283 g/mol. The number of rotatable bonds is 8. The Labute approximate surface area is 120 Å². The minimum atomic E-state index is 0.627. The number of hydrogen-bond acceptors (Lipinski definition) is 5. The van der Waals surface area contributed by atoms with Crippen LogP contribution in [0.5, 0.6) is 5.88 Å². The lowest BCUT2D eigenvalue weighted by Crippen LogP contribution is -2.28. The van der Waals surface area contributed by atoms with Gasteiger partial charge in [-0.15, -0.1) is 0 Å². The molecule has 1 atom stereocenters. The van der Waals surface area contributed by atoms with Crippen molar-refractivity contribution in [1.82, 2.24) is 10.3 Å². The Hall–Kier alpha value is -0.810. The van der Waals surface area contributed by atoms with Gasteiger partial charge in [0.2, 0.25) is 5.88 Å². The van der Waals surface area contributed by atoms with Crippen LogP contribution in [-0.2, 0) is 6.54 Å². The highest BCUT2D eigenvalue weighted by molar-refractivity contribution is 7.15. The van der Waals surface area contributed by atoms with E-state index in [1.165, 1.54) is 30.6 Å². The van der Waals surface area contributed by atoms with E-state index in [2.05, 4.69) is 17.2 Å². The molecule has 1 saturated carbocycles. The van der Waals surface area contributed by atoms with Gasteiger partial charge in [-0.05, 0) is 18.8 Å². The van der Waals surface area contributed by atoms with Gasteiger partial charge in [-0.1, -0.05) is 31.1 Å². The lowest BCUT2D eigenvalue weighted by molar-refractivity contribution is 0.389. The summed E-state index contributed by atoms with van der Waals surface area (Å²) in [5, 5.41) is 4.66. The molecule has 0 saturated heterocycles. The van der Waals surface area contributed by atoms with Crippen LogP contribution < -0.4 is 15.0 Å². The first kappa shape index (κ1) is 14.6. The second kappa shape index (κ2) is 6.57. The number of aromatic nitrogens is 1. The van der Waals surface area contributed by atoms with E-state index in [-0.39, 0.29) is 0 Å². The fourth-order valence-corrected chi connectivity index (χ4v) is 3.08. The molecule has 1 heterocycles. The van der Waals surface area contributed by atoms with Crippen molar-refractivity contribution in [3.63, 3.8) is 0 Å². The zero-order valence-corrected chi connectivity index (χ0v) is 13.2. The van der Waals surface area contributed by atoms with E-state index in [1.807, 2.05) is 19.0 Å². The largest absolute Gasteiger partial charge is 0.480 e. The Morgan fingerprint density at radius 1 is 1.47 bits per heavy atom. The Balaban J connectivity index is 1.92. The number of anilines is 1. The van der Waals surface area contributed by atoms with Gasteiger partial charge in [-0.2, -0.15) is 4.98 Å². The third kappa shape index (κ3) is 4.08. The first-order chi connectivity index (χ1) is 9.13. The number of hydrogen-bond donors (Lipinski definition) is 1. The van der Waals surface area contributed by atoms with Crippen molar-refractivity contribution < 1.29 is 4.74 Å². The maximum absolute atomic E-state index is 5.37. The predicted octanol–water partition coefficient (Wildman–Crippen LogP) is 2.89. The Morgan fingerprint density at radius 3 is 2.74 bits per heavy atom. The molecular weight excluding hydrogens is 258 g/mol. The molecule has 0 radical (unpaired) electrons. The summed E-state index contributed by atoms with van der Waals surface area (Å²) in [5.74, 6) is 1.74. The Kier molecular flexibility index (Phi) is 5.05. The molecule has 1 N–H and O–H groups in total. The van der Waals surface area contributed by atoms with E-state index < -0.39 is 0 Å². The fourth-order valence-electron chi connectivity index (χ4n) is 2.18. The highest BCUT2D eigenvalue weighted by Crippen LogP contribution is 2.34. The summed E-state index contributed by atoms with van der Waals surface area (Å²) in [6.45, 7) is 3.12. The number of nitrogens with zero attached hydrogens (tertiary/aromatic N) is 2. The van der Waals surface area contributed by atoms with Crippen LogP contribution in [-0.4, -0.2) is 32.2 Å². The summed E-state index contributed by atoms with van der Waals surface area (Å²) >= 11 is 1.71. The Bertz CT molecular complexity index is 401. The maximum Gasteiger partial charge on any atom is 0.230 e. The molecule has 1 fully saturated rings. The van der Waals surface area contributed by atoms with Gasteiger partial charge in [0.15, 0.2) is 5.13 Å². The summed E-state index contributed by atoms with van der Waals surface area (Å²) < 4.78 is 5.37. The van der Waals surface area contributed by atoms with E-state index >= 15 is 0 Å². The molecule has 0 bridgehead atoms. The summed E-state index contributed by atoms with van der Waals surface area (Å²) in [5.41, 5.74) is 0. The van der Waals surface area contributed by atoms with Crippen molar-refractivity contribution in [1.29, 1.82) is 0 Å². The van der Waals surface area contributed by atoms with Gasteiger partial charge < -0.3 is 15.0 Å². The number of ether oxygens (including phenoxy) is 1. The molecule has 0 aliphatic heterocycles. The molecule has 1 aromatic heterocycles. The molecule has 19 heavy (non-hydrogen) atoms. The second-order valence-corrected chi connectivity index (χ2v) is 6.55. The van der Waals surface area contributed by atoms with E-state index in [4.69, 9.17) is 4.74 Å². The molecule has 1 unspecified atom stereocenters. The molecule has 4 nitrogen and oxygen atoms in total. The lowest BCUT2D eigenvalue weighted by Gasteiger charge is -2.16. The summed E-state index contributed by atoms with van der Waals surface area (Å²) in [6, 6.07) is 0.627. The predicted molar refractivity (Wildman–Crippen MR) is 81.3 cm³/mol. The highest BCUT2D eigenvalue weighted by atomic mass is 32.1. The molecule has 1 aliphatic rings. The minimum Gasteiger partial charge on any atom is -0.480 e. The van der Waals surface area contributed by atoms with E-state index in [0.717, 1.165) is 23.5 Å². The molecular formula is C14H25N3OS. The Morgan fingerprint density at radius 2 is 2.21 bits per heavy atom. The first-order valence-electron chi connectivity index (χ1n) is 7.08. The number of nitrogens with one attached hydrogen (secondary N) is 1. The SMILES string of the molecule is CCC(CC1CC1)NCc1sc(N(C)C)nc1OC. The van der Waals surface area contributed by atoms with Gasteiger partial charge in [-0.3, -0.25) is 0 Å². The van der Waals surface area contributed by atoms with Crippen LogP contribution in [0.2, 0.25) is 0 Å². The summed E-state index contributed by atoms with van der Waals surface area (Å²) in [7, 11) is 5.72. The van der Waals surface area contributed by atoms with Crippen LogP contribution in [0.15, 0.2) is 0 Å². The van der Waals surface area contributed by atoms with Gasteiger partial charge in [0.25, 0.3) is 0 Å². The fraction of sp³-hybridized carbons (Fsp3) is 0.786. The van der Waals surface area contributed by atoms with Gasteiger partial charge >= 0.3 is 0 Å². The smallest absolute Gasteiger partial charge is 0.230 e. The maximum atomic E-state index is 5.37. The molecule has 2 rings (SSSR count). The van der Waals surface area contributed by atoms with Crippen molar-refractivity contribution >= 4 is 16.5 Å². The first-order valence-corrected chi connectivity index (χ1v) is 7.90. The third-order valence-electron chi connectivity index (χ3n) is 3.59. The molecule has 108 valence electrons. The zero-order valence-electron chi connectivity index (χ0n) is 12.4. The zero-order chi connectivity index (χ0) is 13.8. The second-order valence-electron chi connectivity index (χ2n) is 5.49. The standard InChI is InChI=1S/C14H25N3OS/c1-5-11(8-10-6-7-10)15-9-12-13(18-4)16-14(19-12)17(2)3/h10-11,15H,5-9H2,1-4H3. The number of methoxy groups -OCH3 is 1. The third-order valence-corrected chi connectivity index (χ3v) is 4.79. The van der Waals surface area contributed by atoms with Crippen LogP contribution in [0.1, 0.15) is 37.5 Å². The van der Waals surface area contributed by atoms with Crippen LogP contribution in [0.4, 0.5) is 5.13 Å². The summed E-state index contributed by atoms with van der Waals surface area (Å²) in [4.78, 5) is 7.71. The molecule has 5 heteroatoms. The van der Waals surface area contributed by atoms with Gasteiger partial charge in [-0.25, -0.2) is 0 Å². The number of thiazole rings is 1. The van der Waals surface area contributed by atoms with Crippen LogP contribution in [0.3, 0.4) is 0 Å². The average molecular weight is 283 g/mol. The molecule has 0 aromatic carbocycles. The van der Waals surface area contributed by atoms with Crippen LogP contribution in [0, 0.1) is 5.92 Å². The highest BCUT2D eigenvalue weighted by Gasteiger charge is 2.24. The van der Waals surface area contributed by atoms with E-state index in [9.17, 15) is 0 Å². The van der Waals surface area contributed by atoms with Crippen molar-refractivity contribution in [3.05, 3.63) is 4.88 Å². The average Bonchev–Trinajstić information content (AvgIpc) is 3.11. The van der Waals surface area contributed by atoms with Crippen LogP contribution >= 0.6 is 11.3 Å². The lowest BCUT2D eigenvalue weighted by atomic mass is 10.1. The van der Waals surface area contributed by atoms with E-state index in [0.29, 0.717) is 6.04 Å². The van der Waals surface area contributed by atoms with Crippen molar-refractivity contribution in [2.75, 3.05) is 26.1 Å². The minimum absolute atomic E-state index is 0.627.